The van der Waals surface area contributed by atoms with Crippen molar-refractivity contribution < 1.29 is 9.53 Å². The molecule has 0 saturated carbocycles. The Balaban J connectivity index is 1.86. The third-order valence-electron chi connectivity index (χ3n) is 3.73. The topological polar surface area (TPSA) is 26.3 Å². The van der Waals surface area contributed by atoms with Crippen LogP contribution in [-0.4, -0.2) is 5.97 Å². The van der Waals surface area contributed by atoms with Crippen molar-refractivity contribution in [1.82, 2.24) is 0 Å². The molecule has 2 nitrogen and oxygen atoms in total. The Hall–Kier alpha value is -2.35. The van der Waals surface area contributed by atoms with Crippen LogP contribution in [0.5, 0.6) is 5.75 Å². The molecule has 0 bridgehead atoms. The second kappa shape index (κ2) is 5.96. The second-order valence-electron chi connectivity index (χ2n) is 5.34. The lowest BCUT2D eigenvalue weighted by Gasteiger charge is -2.19. The van der Waals surface area contributed by atoms with E-state index in [1.54, 1.807) is 0 Å². The SMILES string of the molecule is CC(=O)Oc1ccc2c(c1)CCC=C2Cc1ccccc1. The van der Waals surface area contributed by atoms with Crippen LogP contribution in [-0.2, 0) is 17.6 Å². The number of ether oxygens (including phenoxy) is 1. The largest absolute Gasteiger partial charge is 0.427 e. The van der Waals surface area contributed by atoms with Gasteiger partial charge in [0.15, 0.2) is 0 Å². The number of fused-ring (bicyclic) bond motifs is 1. The monoisotopic (exact) mass is 278 g/mol. The van der Waals surface area contributed by atoms with E-state index in [-0.39, 0.29) is 5.97 Å². The van der Waals surface area contributed by atoms with Gasteiger partial charge in [-0.2, -0.15) is 0 Å². The van der Waals surface area contributed by atoms with Crippen LogP contribution in [0.2, 0.25) is 0 Å². The third kappa shape index (κ3) is 3.22. The number of esters is 1. The van der Waals surface area contributed by atoms with E-state index in [0.29, 0.717) is 5.75 Å². The number of hydrogen-bond donors (Lipinski definition) is 0. The molecule has 2 aromatic carbocycles. The van der Waals surface area contributed by atoms with E-state index >= 15 is 0 Å². The average Bonchev–Trinajstić information content (AvgIpc) is 2.48. The first kappa shape index (κ1) is 13.6. The average molecular weight is 278 g/mol. The van der Waals surface area contributed by atoms with Crippen molar-refractivity contribution in [3.8, 4) is 5.75 Å². The number of aryl methyl sites for hydroxylation is 1. The number of carbonyl (C=O) groups is 1. The Labute approximate surface area is 125 Å². The van der Waals surface area contributed by atoms with Gasteiger partial charge in [-0.05, 0) is 53.7 Å². The first-order valence-electron chi connectivity index (χ1n) is 7.27. The molecule has 0 aliphatic heterocycles. The fourth-order valence-electron chi connectivity index (χ4n) is 2.81. The van der Waals surface area contributed by atoms with Gasteiger partial charge in [0.1, 0.15) is 5.75 Å². The zero-order chi connectivity index (χ0) is 14.7. The minimum absolute atomic E-state index is 0.272. The first-order chi connectivity index (χ1) is 10.2. The van der Waals surface area contributed by atoms with Crippen molar-refractivity contribution >= 4 is 11.5 Å². The lowest BCUT2D eigenvalue weighted by atomic mass is 9.87. The summed E-state index contributed by atoms with van der Waals surface area (Å²) in [6.07, 6.45) is 5.31. The summed E-state index contributed by atoms with van der Waals surface area (Å²) in [6.45, 7) is 1.43. The molecule has 0 N–H and O–H groups in total. The summed E-state index contributed by atoms with van der Waals surface area (Å²) in [4.78, 5) is 11.1. The highest BCUT2D eigenvalue weighted by atomic mass is 16.5. The van der Waals surface area contributed by atoms with E-state index in [1.165, 1.54) is 29.2 Å². The van der Waals surface area contributed by atoms with Crippen LogP contribution in [0.15, 0.2) is 54.6 Å². The molecule has 0 atom stereocenters. The van der Waals surface area contributed by atoms with E-state index in [2.05, 4.69) is 36.4 Å². The Morgan fingerprint density at radius 2 is 1.95 bits per heavy atom. The van der Waals surface area contributed by atoms with Crippen molar-refractivity contribution in [2.45, 2.75) is 26.2 Å². The number of rotatable bonds is 3. The van der Waals surface area contributed by atoms with Gasteiger partial charge in [0, 0.05) is 6.92 Å². The molecule has 2 heteroatoms. The van der Waals surface area contributed by atoms with Crippen LogP contribution < -0.4 is 4.74 Å². The molecule has 0 saturated heterocycles. The minimum Gasteiger partial charge on any atom is -0.427 e. The molecule has 21 heavy (non-hydrogen) atoms. The van der Waals surface area contributed by atoms with Gasteiger partial charge in [-0.15, -0.1) is 0 Å². The van der Waals surface area contributed by atoms with Gasteiger partial charge >= 0.3 is 5.97 Å². The quantitative estimate of drug-likeness (QED) is 0.622. The van der Waals surface area contributed by atoms with E-state index in [4.69, 9.17) is 4.74 Å². The number of benzene rings is 2. The molecule has 106 valence electrons. The summed E-state index contributed by atoms with van der Waals surface area (Å²) in [5.41, 5.74) is 5.22. The van der Waals surface area contributed by atoms with Crippen LogP contribution in [0.25, 0.3) is 5.57 Å². The van der Waals surface area contributed by atoms with Crippen LogP contribution in [0, 0.1) is 0 Å². The molecule has 0 aromatic heterocycles. The first-order valence-corrected chi connectivity index (χ1v) is 7.27. The predicted octanol–water partition coefficient (Wildman–Crippen LogP) is 4.18. The maximum absolute atomic E-state index is 11.1. The summed E-state index contributed by atoms with van der Waals surface area (Å²) >= 11 is 0. The molecule has 2 aromatic rings. The van der Waals surface area contributed by atoms with Crippen LogP contribution in [0.1, 0.15) is 30.0 Å². The Kier molecular flexibility index (Phi) is 3.87. The van der Waals surface area contributed by atoms with Gasteiger partial charge in [-0.1, -0.05) is 42.5 Å². The normalized spacial score (nSPS) is 13.3. The minimum atomic E-state index is -0.272. The smallest absolute Gasteiger partial charge is 0.308 e. The predicted molar refractivity (Wildman–Crippen MR) is 84.2 cm³/mol. The van der Waals surface area contributed by atoms with Gasteiger partial charge in [-0.25, -0.2) is 0 Å². The van der Waals surface area contributed by atoms with E-state index in [0.717, 1.165) is 19.3 Å². The van der Waals surface area contributed by atoms with Crippen molar-refractivity contribution in [2.75, 3.05) is 0 Å². The molecule has 0 fully saturated rings. The van der Waals surface area contributed by atoms with E-state index in [9.17, 15) is 4.79 Å². The van der Waals surface area contributed by atoms with Crippen molar-refractivity contribution in [3.05, 3.63) is 71.3 Å². The fraction of sp³-hybridized carbons (Fsp3) is 0.211. The molecular formula is C19H18O2. The fourth-order valence-corrected chi connectivity index (χ4v) is 2.81. The zero-order valence-electron chi connectivity index (χ0n) is 12.1. The standard InChI is InChI=1S/C19H18O2/c1-14(20)21-18-10-11-19-16(8-5-9-17(19)13-18)12-15-6-3-2-4-7-15/h2-4,6-8,10-11,13H,5,9,12H2,1H3. The molecule has 0 spiro atoms. The summed E-state index contributed by atoms with van der Waals surface area (Å²) in [7, 11) is 0. The second-order valence-corrected chi connectivity index (χ2v) is 5.34. The molecule has 0 unspecified atom stereocenters. The Bertz CT molecular complexity index is 684. The number of allylic oxidation sites excluding steroid dienone is 2. The van der Waals surface area contributed by atoms with Gasteiger partial charge in [-0.3, -0.25) is 4.79 Å². The number of hydrogen-bond acceptors (Lipinski definition) is 2. The van der Waals surface area contributed by atoms with Crippen LogP contribution in [0.4, 0.5) is 0 Å². The third-order valence-corrected chi connectivity index (χ3v) is 3.73. The van der Waals surface area contributed by atoms with E-state index in [1.807, 2.05) is 18.2 Å². The maximum atomic E-state index is 11.1. The van der Waals surface area contributed by atoms with Gasteiger partial charge < -0.3 is 4.74 Å². The summed E-state index contributed by atoms with van der Waals surface area (Å²) < 4.78 is 5.18. The molecule has 0 radical (unpaired) electrons. The summed E-state index contributed by atoms with van der Waals surface area (Å²) in [5.74, 6) is 0.369. The van der Waals surface area contributed by atoms with E-state index < -0.39 is 0 Å². The molecule has 3 rings (SSSR count). The Morgan fingerprint density at radius 1 is 1.14 bits per heavy atom. The molecule has 1 aliphatic carbocycles. The van der Waals surface area contributed by atoms with Crippen LogP contribution in [0.3, 0.4) is 0 Å². The maximum Gasteiger partial charge on any atom is 0.308 e. The summed E-state index contributed by atoms with van der Waals surface area (Å²) in [6, 6.07) is 16.4. The summed E-state index contributed by atoms with van der Waals surface area (Å²) in [5, 5.41) is 0. The van der Waals surface area contributed by atoms with Gasteiger partial charge in [0.25, 0.3) is 0 Å². The van der Waals surface area contributed by atoms with Gasteiger partial charge in [0.05, 0.1) is 0 Å². The number of carbonyl (C=O) groups excluding carboxylic acids is 1. The zero-order valence-corrected chi connectivity index (χ0v) is 12.1. The van der Waals surface area contributed by atoms with Crippen LogP contribution >= 0.6 is 0 Å². The molecule has 1 aliphatic rings. The van der Waals surface area contributed by atoms with Crippen molar-refractivity contribution in [1.29, 1.82) is 0 Å². The lowest BCUT2D eigenvalue weighted by Crippen LogP contribution is -2.05. The molecule has 0 amide bonds. The lowest BCUT2D eigenvalue weighted by molar-refractivity contribution is -0.131. The highest BCUT2D eigenvalue weighted by molar-refractivity contribution is 5.74. The Morgan fingerprint density at radius 3 is 2.71 bits per heavy atom. The highest BCUT2D eigenvalue weighted by Gasteiger charge is 2.14. The molecule has 0 heterocycles. The van der Waals surface area contributed by atoms with Gasteiger partial charge in [0.2, 0.25) is 0 Å². The van der Waals surface area contributed by atoms with Crippen molar-refractivity contribution in [3.63, 3.8) is 0 Å². The highest BCUT2D eigenvalue weighted by Crippen LogP contribution is 2.31. The van der Waals surface area contributed by atoms with Crippen molar-refractivity contribution in [2.24, 2.45) is 0 Å². The molecular weight excluding hydrogens is 260 g/mol.